The Morgan fingerprint density at radius 1 is 0.327 bits per heavy atom. The van der Waals surface area contributed by atoms with Gasteiger partial charge >= 0.3 is 0 Å². The Balaban J connectivity index is 1.04. The molecule has 0 aliphatic heterocycles. The average molecular weight is 702 g/mol. The Morgan fingerprint density at radius 2 is 0.818 bits per heavy atom. The molecule has 0 saturated carbocycles. The maximum atomic E-state index is 5.23. The fourth-order valence-corrected chi connectivity index (χ4v) is 8.09. The van der Waals surface area contributed by atoms with Gasteiger partial charge in [-0.15, -0.1) is 0 Å². The first-order chi connectivity index (χ1) is 27.2. The van der Waals surface area contributed by atoms with Gasteiger partial charge < -0.3 is 4.57 Å². The number of aromatic nitrogens is 5. The quantitative estimate of drug-likeness (QED) is 0.162. The lowest BCUT2D eigenvalue weighted by atomic mass is 9.99. The zero-order chi connectivity index (χ0) is 36.3. The molecule has 5 nitrogen and oxygen atoms in total. The summed E-state index contributed by atoms with van der Waals surface area (Å²) in [4.78, 5) is 18.9. The summed E-state index contributed by atoms with van der Waals surface area (Å²) in [6.45, 7) is 0. The molecule has 0 N–H and O–H groups in total. The molecule has 7 aromatic carbocycles. The first kappa shape index (κ1) is 31.1. The largest absolute Gasteiger partial charge is 0.309 e. The van der Waals surface area contributed by atoms with Crippen LogP contribution in [0.1, 0.15) is 0 Å². The van der Waals surface area contributed by atoms with Crippen molar-refractivity contribution in [1.29, 1.82) is 0 Å². The summed E-state index contributed by atoms with van der Waals surface area (Å²) >= 11 is 0. The Kier molecular flexibility index (Phi) is 7.10. The number of rotatable bonds is 6. The summed E-state index contributed by atoms with van der Waals surface area (Å²) in [6, 6.07) is 58.2. The smallest absolute Gasteiger partial charge is 0.160 e. The van der Waals surface area contributed by atoms with E-state index in [1.165, 1.54) is 32.6 Å². The lowest BCUT2D eigenvalue weighted by Crippen LogP contribution is -1.97. The Labute approximate surface area is 317 Å². The Morgan fingerprint density at radius 3 is 1.40 bits per heavy atom. The molecular formula is C50H31N5. The lowest BCUT2D eigenvalue weighted by Gasteiger charge is -2.13. The van der Waals surface area contributed by atoms with Crippen LogP contribution in [0.2, 0.25) is 0 Å². The van der Waals surface area contributed by atoms with Crippen molar-refractivity contribution in [2.45, 2.75) is 0 Å². The number of fused-ring (bicyclic) bond motifs is 1. The van der Waals surface area contributed by atoms with Gasteiger partial charge in [-0.1, -0.05) is 91.0 Å². The molecule has 4 aromatic heterocycles. The van der Waals surface area contributed by atoms with Gasteiger partial charge in [-0.2, -0.15) is 0 Å². The van der Waals surface area contributed by atoms with E-state index in [2.05, 4.69) is 154 Å². The summed E-state index contributed by atoms with van der Waals surface area (Å²) in [7, 11) is 0. The maximum absolute atomic E-state index is 5.23. The van der Waals surface area contributed by atoms with E-state index in [1.54, 1.807) is 0 Å². The summed E-state index contributed by atoms with van der Waals surface area (Å²) in [5.74, 6) is 0.676. The van der Waals surface area contributed by atoms with Crippen LogP contribution in [-0.2, 0) is 0 Å². The fraction of sp³-hybridized carbons (Fsp3) is 0. The molecule has 0 unspecified atom stereocenters. The molecule has 256 valence electrons. The number of pyridine rings is 2. The molecule has 0 aliphatic carbocycles. The average Bonchev–Trinajstić information content (AvgIpc) is 3.61. The van der Waals surface area contributed by atoms with Crippen LogP contribution in [0, 0.1) is 0 Å². The summed E-state index contributed by atoms with van der Waals surface area (Å²) in [5, 5.41) is 7.45. The normalized spacial score (nSPS) is 11.6. The van der Waals surface area contributed by atoms with E-state index in [4.69, 9.17) is 9.97 Å². The second kappa shape index (κ2) is 12.6. The van der Waals surface area contributed by atoms with Crippen molar-refractivity contribution in [3.8, 4) is 61.8 Å². The van der Waals surface area contributed by atoms with E-state index in [0.29, 0.717) is 5.82 Å². The molecule has 5 heteroatoms. The van der Waals surface area contributed by atoms with Crippen LogP contribution >= 0.6 is 0 Å². The van der Waals surface area contributed by atoms with Gasteiger partial charge in [0.15, 0.2) is 5.82 Å². The minimum Gasteiger partial charge on any atom is -0.309 e. The van der Waals surface area contributed by atoms with Gasteiger partial charge in [-0.3, -0.25) is 9.97 Å². The van der Waals surface area contributed by atoms with Crippen molar-refractivity contribution in [1.82, 2.24) is 24.5 Å². The van der Waals surface area contributed by atoms with Crippen molar-refractivity contribution < 1.29 is 0 Å². The fourth-order valence-electron chi connectivity index (χ4n) is 8.09. The number of hydrogen-bond acceptors (Lipinski definition) is 4. The van der Waals surface area contributed by atoms with Gasteiger partial charge in [0.25, 0.3) is 0 Å². The Bertz CT molecular complexity index is 3030. The van der Waals surface area contributed by atoms with Gasteiger partial charge in [-0.05, 0) is 117 Å². The van der Waals surface area contributed by atoms with Crippen molar-refractivity contribution in [2.75, 3.05) is 0 Å². The lowest BCUT2D eigenvalue weighted by molar-refractivity contribution is 1.18. The maximum Gasteiger partial charge on any atom is 0.160 e. The summed E-state index contributed by atoms with van der Waals surface area (Å²) in [5.41, 5.74) is 12.7. The molecule has 0 bridgehead atoms. The molecule has 11 rings (SSSR count). The first-order valence-electron chi connectivity index (χ1n) is 18.4. The molecule has 4 heterocycles. The topological polar surface area (TPSA) is 56.5 Å². The third-order valence-corrected chi connectivity index (χ3v) is 10.7. The van der Waals surface area contributed by atoms with Crippen molar-refractivity contribution in [2.24, 2.45) is 0 Å². The zero-order valence-corrected chi connectivity index (χ0v) is 29.6. The van der Waals surface area contributed by atoms with Crippen LogP contribution in [0.15, 0.2) is 189 Å². The predicted octanol–water partition coefficient (Wildman–Crippen LogP) is 12.4. The molecule has 0 spiro atoms. The SMILES string of the molecule is c1cc(-c2ccncc2)cc(-c2cc(-c3cccc(-c4ccncc4)c3)nc(-c3ccc4cc(-n5c6cccc7ccc8cccc5c8c76)ccc4c3)n2)c1. The first-order valence-corrected chi connectivity index (χ1v) is 18.4. The molecule has 0 atom stereocenters. The summed E-state index contributed by atoms with van der Waals surface area (Å²) < 4.78 is 2.40. The van der Waals surface area contributed by atoms with Crippen LogP contribution in [-0.4, -0.2) is 24.5 Å². The van der Waals surface area contributed by atoms with E-state index < -0.39 is 0 Å². The summed E-state index contributed by atoms with van der Waals surface area (Å²) in [6.07, 6.45) is 7.30. The van der Waals surface area contributed by atoms with Gasteiger partial charge in [0.1, 0.15) is 0 Å². The van der Waals surface area contributed by atoms with E-state index in [9.17, 15) is 0 Å². The third-order valence-electron chi connectivity index (χ3n) is 10.7. The monoisotopic (exact) mass is 701 g/mol. The van der Waals surface area contributed by atoms with E-state index in [-0.39, 0.29) is 0 Å². The van der Waals surface area contributed by atoms with Gasteiger partial charge in [0.2, 0.25) is 0 Å². The predicted molar refractivity (Wildman–Crippen MR) is 225 cm³/mol. The van der Waals surface area contributed by atoms with Gasteiger partial charge in [-0.25, -0.2) is 9.97 Å². The molecule has 0 amide bonds. The molecule has 55 heavy (non-hydrogen) atoms. The van der Waals surface area contributed by atoms with Gasteiger partial charge in [0.05, 0.1) is 22.4 Å². The highest BCUT2D eigenvalue weighted by Gasteiger charge is 2.17. The molecule has 0 saturated heterocycles. The van der Waals surface area contributed by atoms with Crippen molar-refractivity contribution >= 4 is 43.4 Å². The molecule has 11 aromatic rings. The molecule has 0 radical (unpaired) electrons. The van der Waals surface area contributed by atoms with Crippen molar-refractivity contribution in [3.05, 3.63) is 189 Å². The number of hydrogen-bond donors (Lipinski definition) is 0. The van der Waals surface area contributed by atoms with Crippen LogP contribution in [0.3, 0.4) is 0 Å². The second-order valence-electron chi connectivity index (χ2n) is 14.0. The highest BCUT2D eigenvalue weighted by molar-refractivity contribution is 6.24. The number of nitrogens with zero attached hydrogens (tertiary/aromatic N) is 5. The Hall–Kier alpha value is -7.50. The minimum absolute atomic E-state index is 0.676. The molecule has 0 fully saturated rings. The van der Waals surface area contributed by atoms with Gasteiger partial charge in [0, 0.05) is 57.9 Å². The third kappa shape index (κ3) is 5.33. The van der Waals surface area contributed by atoms with Crippen LogP contribution in [0.5, 0.6) is 0 Å². The molecule has 0 aliphatic rings. The van der Waals surface area contributed by atoms with E-state index in [1.807, 2.05) is 49.1 Å². The highest BCUT2D eigenvalue weighted by Crippen LogP contribution is 2.39. The van der Waals surface area contributed by atoms with Crippen LogP contribution in [0.4, 0.5) is 0 Å². The van der Waals surface area contributed by atoms with E-state index >= 15 is 0 Å². The zero-order valence-electron chi connectivity index (χ0n) is 29.6. The second-order valence-corrected chi connectivity index (χ2v) is 14.0. The number of benzene rings is 7. The minimum atomic E-state index is 0.676. The standard InChI is InChI=1S/C50H31N5/c1-7-36(32-19-23-51-24-20-32)27-40(9-1)44-31-45(41-10-2-8-37(28-41)33-21-25-52-26-22-33)54-50(53-44)42-16-15-39-30-43(18-17-38(39)29-42)55-46-11-3-5-34-13-14-35-6-4-12-47(55)49(35)48(34)46/h1-31H. The molecular weight excluding hydrogens is 671 g/mol. The van der Waals surface area contributed by atoms with Crippen LogP contribution in [0.25, 0.3) is 105 Å². The van der Waals surface area contributed by atoms with Crippen molar-refractivity contribution in [3.63, 3.8) is 0 Å². The highest BCUT2D eigenvalue weighted by atomic mass is 15.0. The van der Waals surface area contributed by atoms with Crippen LogP contribution < -0.4 is 0 Å². The van der Waals surface area contributed by atoms with E-state index in [0.717, 1.165) is 66.8 Å².